The topological polar surface area (TPSA) is 52.6 Å². The zero-order valence-electron chi connectivity index (χ0n) is 9.48. The molecule has 0 spiro atoms. The summed E-state index contributed by atoms with van der Waals surface area (Å²) in [4.78, 5) is 22.0. The summed E-state index contributed by atoms with van der Waals surface area (Å²) in [5.41, 5.74) is 0.611. The summed E-state index contributed by atoms with van der Waals surface area (Å²) < 4.78 is 10.8. The van der Waals surface area contributed by atoms with Gasteiger partial charge in [-0.2, -0.15) is 0 Å². The zero-order chi connectivity index (χ0) is 12.1. The van der Waals surface area contributed by atoms with Gasteiger partial charge in [-0.05, 0) is 24.6 Å². The molecule has 0 bridgehead atoms. The lowest BCUT2D eigenvalue weighted by Crippen LogP contribution is -2.15. The van der Waals surface area contributed by atoms with Crippen LogP contribution in [0, 0.1) is 0 Å². The molecular formula is C14H18O4. The molecule has 1 aromatic carbocycles. The molecule has 4 nitrogen and oxygen atoms in total. The van der Waals surface area contributed by atoms with Crippen LogP contribution < -0.4 is 9.47 Å². The largest absolute Gasteiger partial charge is 0.486 e. The smallest absolute Gasteiger partial charge is 0.163 e. The van der Waals surface area contributed by atoms with E-state index in [1.54, 1.807) is 18.2 Å². The summed E-state index contributed by atoms with van der Waals surface area (Å²) in [5.74, 6) is 1.34. The van der Waals surface area contributed by atoms with Crippen molar-refractivity contribution in [3.05, 3.63) is 23.8 Å². The van der Waals surface area contributed by atoms with Gasteiger partial charge in [-0.3, -0.25) is 4.79 Å². The van der Waals surface area contributed by atoms with Crippen LogP contribution >= 0.6 is 0 Å². The van der Waals surface area contributed by atoms with Crippen molar-refractivity contribution in [3.8, 4) is 11.5 Å². The van der Waals surface area contributed by atoms with E-state index in [1.807, 2.05) is 0 Å². The Bertz CT molecular complexity index is 426. The molecule has 1 aliphatic rings. The van der Waals surface area contributed by atoms with Crippen LogP contribution in [0.4, 0.5) is 0 Å². The van der Waals surface area contributed by atoms with Crippen molar-refractivity contribution in [1.29, 1.82) is 0 Å². The highest BCUT2D eigenvalue weighted by molar-refractivity contribution is 5.96. The van der Waals surface area contributed by atoms with Gasteiger partial charge < -0.3 is 14.3 Å². The van der Waals surface area contributed by atoms with Crippen molar-refractivity contribution in [1.82, 2.24) is 0 Å². The van der Waals surface area contributed by atoms with E-state index in [2.05, 4.69) is 0 Å². The van der Waals surface area contributed by atoms with Crippen LogP contribution in [-0.4, -0.2) is 25.3 Å². The number of aldehydes is 1. The normalized spacial score (nSPS) is 12.4. The van der Waals surface area contributed by atoms with Crippen LogP contribution in [0.25, 0.3) is 0 Å². The second kappa shape index (κ2) is 6.79. The van der Waals surface area contributed by atoms with Crippen LogP contribution in [0.2, 0.25) is 0 Å². The standard InChI is InChI=1S/C13H14O4.CH4/c14-6-2-1-3-11(15)10-4-5-12-13(9-10)17-8-7-16-12;/h4-6,9H,1-3,7-8H2;1H4. The molecule has 18 heavy (non-hydrogen) atoms. The zero-order valence-corrected chi connectivity index (χ0v) is 9.48. The lowest BCUT2D eigenvalue weighted by Gasteiger charge is -2.18. The Morgan fingerprint density at radius 1 is 1.22 bits per heavy atom. The average Bonchev–Trinajstić information content (AvgIpc) is 2.38. The molecule has 0 radical (unpaired) electrons. The molecule has 0 saturated carbocycles. The molecule has 1 aliphatic heterocycles. The first-order valence-electron chi connectivity index (χ1n) is 5.68. The number of Topliss-reactive ketones (excluding diaryl/α,β-unsaturated/α-hetero) is 1. The van der Waals surface area contributed by atoms with Crippen LogP contribution in [0.5, 0.6) is 11.5 Å². The summed E-state index contributed by atoms with van der Waals surface area (Å²) in [6.45, 7) is 1.05. The highest BCUT2D eigenvalue weighted by atomic mass is 16.6. The Labute approximate surface area is 107 Å². The minimum absolute atomic E-state index is 0. The summed E-state index contributed by atoms with van der Waals surface area (Å²) in [5, 5.41) is 0. The van der Waals surface area contributed by atoms with Gasteiger partial charge in [-0.1, -0.05) is 7.43 Å². The molecule has 0 unspecified atom stereocenters. The highest BCUT2D eigenvalue weighted by Crippen LogP contribution is 2.31. The minimum atomic E-state index is 0. The molecule has 2 rings (SSSR count). The Hall–Kier alpha value is -1.84. The van der Waals surface area contributed by atoms with Crippen molar-refractivity contribution >= 4 is 12.1 Å². The lowest BCUT2D eigenvalue weighted by molar-refractivity contribution is -0.107. The van der Waals surface area contributed by atoms with Gasteiger partial charge in [0, 0.05) is 18.4 Å². The van der Waals surface area contributed by atoms with E-state index >= 15 is 0 Å². The number of rotatable bonds is 5. The van der Waals surface area contributed by atoms with E-state index in [4.69, 9.17) is 9.47 Å². The number of carbonyl (C=O) groups is 2. The van der Waals surface area contributed by atoms with E-state index in [0.717, 1.165) is 6.29 Å². The van der Waals surface area contributed by atoms with Gasteiger partial charge in [0.15, 0.2) is 17.3 Å². The second-order valence-electron chi connectivity index (χ2n) is 3.84. The molecule has 4 heteroatoms. The lowest BCUT2D eigenvalue weighted by atomic mass is 10.1. The Morgan fingerprint density at radius 3 is 2.67 bits per heavy atom. The molecule has 0 fully saturated rings. The first-order chi connectivity index (χ1) is 8.31. The summed E-state index contributed by atoms with van der Waals surface area (Å²) >= 11 is 0. The molecule has 0 N–H and O–H groups in total. The van der Waals surface area contributed by atoms with Crippen LogP contribution in [0.3, 0.4) is 0 Å². The van der Waals surface area contributed by atoms with Crippen LogP contribution in [0.1, 0.15) is 37.0 Å². The third kappa shape index (κ3) is 3.32. The molecule has 0 aliphatic carbocycles. The van der Waals surface area contributed by atoms with E-state index in [0.29, 0.717) is 49.5 Å². The number of hydrogen-bond donors (Lipinski definition) is 0. The van der Waals surface area contributed by atoms with E-state index in [-0.39, 0.29) is 13.2 Å². The molecule has 1 aromatic rings. The molecule has 1 heterocycles. The SMILES string of the molecule is C.O=CCCCC(=O)c1ccc2c(c1)OCCO2. The quantitative estimate of drug-likeness (QED) is 0.458. The first-order valence-corrected chi connectivity index (χ1v) is 5.68. The van der Waals surface area contributed by atoms with Gasteiger partial charge in [-0.15, -0.1) is 0 Å². The fourth-order valence-electron chi connectivity index (χ4n) is 1.71. The summed E-state index contributed by atoms with van der Waals surface area (Å²) in [6.07, 6.45) is 2.24. The van der Waals surface area contributed by atoms with Crippen molar-refractivity contribution in [2.24, 2.45) is 0 Å². The number of benzene rings is 1. The molecule has 0 aromatic heterocycles. The molecule has 98 valence electrons. The maximum atomic E-state index is 11.8. The maximum Gasteiger partial charge on any atom is 0.163 e. The Morgan fingerprint density at radius 2 is 1.94 bits per heavy atom. The number of carbonyl (C=O) groups excluding carboxylic acids is 2. The summed E-state index contributed by atoms with van der Waals surface area (Å²) in [7, 11) is 0. The fourth-order valence-corrected chi connectivity index (χ4v) is 1.71. The van der Waals surface area contributed by atoms with Crippen LogP contribution in [-0.2, 0) is 4.79 Å². The third-order valence-electron chi connectivity index (χ3n) is 2.59. The van der Waals surface area contributed by atoms with Gasteiger partial charge in [-0.25, -0.2) is 0 Å². The fraction of sp³-hybridized carbons (Fsp3) is 0.429. The van der Waals surface area contributed by atoms with E-state index in [1.165, 1.54) is 0 Å². The number of fused-ring (bicyclic) bond motifs is 1. The van der Waals surface area contributed by atoms with Gasteiger partial charge in [0.05, 0.1) is 0 Å². The molecular weight excluding hydrogens is 232 g/mol. The molecule has 0 atom stereocenters. The van der Waals surface area contributed by atoms with E-state index in [9.17, 15) is 9.59 Å². The monoisotopic (exact) mass is 250 g/mol. The maximum absolute atomic E-state index is 11.8. The Balaban J connectivity index is 0.00000162. The van der Waals surface area contributed by atoms with Gasteiger partial charge in [0.1, 0.15) is 19.5 Å². The highest BCUT2D eigenvalue weighted by Gasteiger charge is 2.14. The molecule has 0 amide bonds. The summed E-state index contributed by atoms with van der Waals surface area (Å²) in [6, 6.07) is 5.19. The van der Waals surface area contributed by atoms with Crippen LogP contribution in [0.15, 0.2) is 18.2 Å². The number of ketones is 1. The number of unbranched alkanes of at least 4 members (excludes halogenated alkanes) is 1. The number of hydrogen-bond acceptors (Lipinski definition) is 4. The van der Waals surface area contributed by atoms with Gasteiger partial charge in [0.25, 0.3) is 0 Å². The minimum Gasteiger partial charge on any atom is -0.486 e. The van der Waals surface area contributed by atoms with Crippen molar-refractivity contribution in [3.63, 3.8) is 0 Å². The predicted octanol–water partition coefficient (Wildman–Crippen LogP) is 2.65. The number of ether oxygens (including phenoxy) is 2. The third-order valence-corrected chi connectivity index (χ3v) is 2.59. The van der Waals surface area contributed by atoms with Crippen molar-refractivity contribution in [2.75, 3.05) is 13.2 Å². The first kappa shape index (κ1) is 14.2. The second-order valence-corrected chi connectivity index (χ2v) is 3.84. The predicted molar refractivity (Wildman–Crippen MR) is 68.4 cm³/mol. The van der Waals surface area contributed by atoms with Gasteiger partial charge >= 0.3 is 0 Å². The van der Waals surface area contributed by atoms with Crippen molar-refractivity contribution < 1.29 is 19.1 Å². The molecule has 0 saturated heterocycles. The Kier molecular flexibility index (Phi) is 5.36. The van der Waals surface area contributed by atoms with E-state index < -0.39 is 0 Å². The average molecular weight is 250 g/mol. The van der Waals surface area contributed by atoms with Crippen molar-refractivity contribution in [2.45, 2.75) is 26.7 Å². The van der Waals surface area contributed by atoms with Gasteiger partial charge in [0.2, 0.25) is 0 Å².